The van der Waals surface area contributed by atoms with Gasteiger partial charge in [-0.15, -0.1) is 0 Å². The number of hydrogen-bond donors (Lipinski definition) is 2. The van der Waals surface area contributed by atoms with E-state index in [1.54, 1.807) is 4.90 Å². The van der Waals surface area contributed by atoms with Crippen molar-refractivity contribution in [1.29, 1.82) is 0 Å². The van der Waals surface area contributed by atoms with Crippen molar-refractivity contribution in [2.45, 2.75) is 56.6 Å². The molecule has 0 saturated carbocycles. The van der Waals surface area contributed by atoms with E-state index in [0.717, 1.165) is 36.0 Å². The van der Waals surface area contributed by atoms with Crippen LogP contribution >= 0.6 is 0 Å². The first-order chi connectivity index (χ1) is 15.1. The van der Waals surface area contributed by atoms with E-state index >= 15 is 0 Å². The van der Waals surface area contributed by atoms with Crippen LogP contribution in [0.2, 0.25) is 0 Å². The van der Waals surface area contributed by atoms with E-state index in [-0.39, 0.29) is 30.7 Å². The Morgan fingerprint density at radius 2 is 1.71 bits per heavy atom. The summed E-state index contributed by atoms with van der Waals surface area (Å²) in [6.07, 6.45) is 1.45. The van der Waals surface area contributed by atoms with Crippen molar-refractivity contribution in [2.75, 3.05) is 0 Å². The first-order valence-electron chi connectivity index (χ1n) is 10.9. The highest BCUT2D eigenvalue weighted by molar-refractivity contribution is 5.82. The molecule has 3 aromatic rings. The van der Waals surface area contributed by atoms with Crippen LogP contribution in [0.1, 0.15) is 41.9 Å². The van der Waals surface area contributed by atoms with E-state index in [2.05, 4.69) is 42.5 Å². The lowest BCUT2D eigenvalue weighted by Crippen LogP contribution is -2.53. The van der Waals surface area contributed by atoms with Gasteiger partial charge >= 0.3 is 6.09 Å². The molecule has 2 heterocycles. The number of hydrogen-bond acceptors (Lipinski definition) is 3. The zero-order chi connectivity index (χ0) is 21.4. The summed E-state index contributed by atoms with van der Waals surface area (Å²) in [7, 11) is 0. The number of carbonyl (C=O) groups is 1. The smallest absolute Gasteiger partial charge is 0.407 e. The van der Waals surface area contributed by atoms with Gasteiger partial charge in [-0.05, 0) is 52.8 Å². The SMILES string of the molecule is O=C(O)N1C2CCC1C(OCc1ccc3ccccc3c1)C(c1ccc(CO)cc1)C2. The molecule has 2 aliphatic rings. The summed E-state index contributed by atoms with van der Waals surface area (Å²) < 4.78 is 6.50. The van der Waals surface area contributed by atoms with Gasteiger partial charge in [-0.3, -0.25) is 4.90 Å². The van der Waals surface area contributed by atoms with Crippen LogP contribution in [0.25, 0.3) is 10.8 Å². The fourth-order valence-corrected chi connectivity index (χ4v) is 5.40. The minimum absolute atomic E-state index is 0.0187. The molecule has 31 heavy (non-hydrogen) atoms. The quantitative estimate of drug-likeness (QED) is 0.618. The van der Waals surface area contributed by atoms with Crippen molar-refractivity contribution in [2.24, 2.45) is 0 Å². The lowest BCUT2D eigenvalue weighted by molar-refractivity contribution is -0.0534. The molecule has 160 valence electrons. The van der Waals surface area contributed by atoms with Crippen LogP contribution in [0, 0.1) is 0 Å². The zero-order valence-corrected chi connectivity index (χ0v) is 17.4. The lowest BCUT2D eigenvalue weighted by atomic mass is 9.82. The van der Waals surface area contributed by atoms with Crippen LogP contribution in [-0.4, -0.2) is 39.4 Å². The second kappa shape index (κ2) is 8.33. The van der Waals surface area contributed by atoms with E-state index in [1.807, 2.05) is 24.3 Å². The number of nitrogens with zero attached hydrogens (tertiary/aromatic N) is 1. The fourth-order valence-electron chi connectivity index (χ4n) is 5.40. The molecule has 1 amide bonds. The monoisotopic (exact) mass is 417 g/mol. The molecular formula is C26H27NO4. The third-order valence-corrected chi connectivity index (χ3v) is 6.92. The Morgan fingerprint density at radius 1 is 0.968 bits per heavy atom. The van der Waals surface area contributed by atoms with Crippen LogP contribution in [0.4, 0.5) is 4.79 Å². The van der Waals surface area contributed by atoms with Crippen molar-refractivity contribution in [3.05, 3.63) is 83.4 Å². The molecule has 0 spiro atoms. The van der Waals surface area contributed by atoms with Crippen molar-refractivity contribution >= 4 is 16.9 Å². The van der Waals surface area contributed by atoms with Gasteiger partial charge in [0.05, 0.1) is 25.4 Å². The molecule has 2 aliphatic heterocycles. The molecule has 4 atom stereocenters. The zero-order valence-electron chi connectivity index (χ0n) is 17.4. The Bertz CT molecular complexity index is 1080. The number of aliphatic hydroxyl groups excluding tert-OH is 1. The Morgan fingerprint density at radius 3 is 2.45 bits per heavy atom. The second-order valence-electron chi connectivity index (χ2n) is 8.69. The summed E-state index contributed by atoms with van der Waals surface area (Å²) >= 11 is 0. The number of aliphatic hydroxyl groups is 1. The summed E-state index contributed by atoms with van der Waals surface area (Å²) in [6, 6.07) is 22.5. The molecule has 0 radical (unpaired) electrons. The Labute approximate surface area is 181 Å². The second-order valence-corrected chi connectivity index (χ2v) is 8.69. The van der Waals surface area contributed by atoms with Crippen LogP contribution < -0.4 is 0 Å². The van der Waals surface area contributed by atoms with Gasteiger partial charge in [0.2, 0.25) is 0 Å². The van der Waals surface area contributed by atoms with E-state index in [1.165, 1.54) is 10.8 Å². The van der Waals surface area contributed by atoms with Crippen LogP contribution in [0.3, 0.4) is 0 Å². The van der Waals surface area contributed by atoms with E-state index in [4.69, 9.17) is 4.74 Å². The maximum atomic E-state index is 12.0. The topological polar surface area (TPSA) is 70.0 Å². The van der Waals surface area contributed by atoms with Gasteiger partial charge < -0.3 is 14.9 Å². The van der Waals surface area contributed by atoms with Gasteiger partial charge in [0.15, 0.2) is 0 Å². The maximum Gasteiger partial charge on any atom is 0.407 e. The summed E-state index contributed by atoms with van der Waals surface area (Å²) in [5.74, 6) is 0.140. The molecule has 2 fully saturated rings. The summed E-state index contributed by atoms with van der Waals surface area (Å²) in [5.41, 5.74) is 3.13. The van der Waals surface area contributed by atoms with Gasteiger partial charge in [0, 0.05) is 12.0 Å². The first kappa shape index (κ1) is 20.0. The summed E-state index contributed by atoms with van der Waals surface area (Å²) in [5, 5.41) is 21.6. The van der Waals surface area contributed by atoms with E-state index in [9.17, 15) is 15.0 Å². The number of benzene rings is 3. The van der Waals surface area contributed by atoms with E-state index < -0.39 is 6.09 Å². The third-order valence-electron chi connectivity index (χ3n) is 6.92. The predicted octanol–water partition coefficient (Wildman–Crippen LogP) is 4.92. The van der Waals surface area contributed by atoms with Crippen LogP contribution in [-0.2, 0) is 18.0 Å². The standard InChI is InChI=1S/C26H27NO4/c28-15-17-5-9-20(10-6-17)23-14-22-11-12-24(27(22)26(29)30)25(23)31-16-18-7-8-19-3-1-2-4-21(19)13-18/h1-10,13,22-25,28H,11-12,14-16H2,(H,29,30). The lowest BCUT2D eigenvalue weighted by Gasteiger charge is -2.43. The van der Waals surface area contributed by atoms with Crippen molar-refractivity contribution in [3.8, 4) is 0 Å². The number of rotatable bonds is 5. The largest absolute Gasteiger partial charge is 0.465 e. The highest BCUT2D eigenvalue weighted by atomic mass is 16.5. The Hall–Kier alpha value is -2.89. The minimum atomic E-state index is -0.846. The molecule has 5 nitrogen and oxygen atoms in total. The van der Waals surface area contributed by atoms with Crippen LogP contribution in [0.15, 0.2) is 66.7 Å². The molecule has 4 unspecified atom stereocenters. The number of piperidine rings is 1. The molecule has 5 heteroatoms. The molecular weight excluding hydrogens is 390 g/mol. The number of amides is 1. The van der Waals surface area contributed by atoms with Gasteiger partial charge in [-0.2, -0.15) is 0 Å². The van der Waals surface area contributed by atoms with Gasteiger partial charge in [0.1, 0.15) is 0 Å². The van der Waals surface area contributed by atoms with Crippen molar-refractivity contribution in [1.82, 2.24) is 4.90 Å². The number of fused-ring (bicyclic) bond motifs is 3. The predicted molar refractivity (Wildman–Crippen MR) is 119 cm³/mol. The highest BCUT2D eigenvalue weighted by Gasteiger charge is 2.50. The van der Waals surface area contributed by atoms with E-state index in [0.29, 0.717) is 6.61 Å². The normalized spacial score (nSPS) is 25.1. The van der Waals surface area contributed by atoms with Crippen molar-refractivity contribution < 1.29 is 19.7 Å². The van der Waals surface area contributed by atoms with Crippen molar-refractivity contribution in [3.63, 3.8) is 0 Å². The maximum absolute atomic E-state index is 12.0. The summed E-state index contributed by atoms with van der Waals surface area (Å²) in [6.45, 7) is 0.472. The van der Waals surface area contributed by atoms with Gasteiger partial charge in [-0.25, -0.2) is 4.79 Å². The number of carboxylic acid groups (broad SMARTS) is 1. The Kier molecular flexibility index (Phi) is 5.38. The molecule has 2 bridgehead atoms. The molecule has 3 aromatic carbocycles. The molecule has 2 saturated heterocycles. The summed E-state index contributed by atoms with van der Waals surface area (Å²) in [4.78, 5) is 13.6. The van der Waals surface area contributed by atoms with Gasteiger partial charge in [-0.1, -0.05) is 60.7 Å². The molecule has 5 rings (SSSR count). The molecule has 2 N–H and O–H groups in total. The van der Waals surface area contributed by atoms with Gasteiger partial charge in [0.25, 0.3) is 0 Å². The first-order valence-corrected chi connectivity index (χ1v) is 10.9. The fraction of sp³-hybridized carbons (Fsp3) is 0.346. The van der Waals surface area contributed by atoms with Crippen LogP contribution in [0.5, 0.6) is 0 Å². The Balaban J connectivity index is 1.42. The average Bonchev–Trinajstić information content (AvgIpc) is 3.13. The third kappa shape index (κ3) is 3.80. The molecule has 0 aliphatic carbocycles. The highest BCUT2D eigenvalue weighted by Crippen LogP contribution is 2.45. The average molecular weight is 418 g/mol. The number of ether oxygens (including phenoxy) is 1. The molecule has 0 aromatic heterocycles. The minimum Gasteiger partial charge on any atom is -0.465 e.